The summed E-state index contributed by atoms with van der Waals surface area (Å²) in [5.74, 6) is -1.72. The molecule has 1 spiro atoms. The van der Waals surface area contributed by atoms with Gasteiger partial charge in [-0.1, -0.05) is 75.4 Å². The van der Waals surface area contributed by atoms with Gasteiger partial charge in [-0.2, -0.15) is 0 Å². The molecule has 2 fully saturated rings. The number of hydrogen-bond donors (Lipinski definition) is 0. The van der Waals surface area contributed by atoms with E-state index < -0.39 is 19.9 Å². The highest BCUT2D eigenvalue weighted by Crippen LogP contribution is 2.55. The molecule has 3 aliphatic heterocycles. The molecule has 2 aromatic rings. The van der Waals surface area contributed by atoms with Crippen LogP contribution < -0.4 is 0 Å². The molecule has 0 bridgehead atoms. The molecule has 5 rings (SSSR count). The first-order valence-corrected chi connectivity index (χ1v) is 15.9. The Morgan fingerprint density at radius 1 is 1.00 bits per heavy atom. The maximum atomic E-state index is 6.80. The van der Waals surface area contributed by atoms with Gasteiger partial charge in [-0.15, -0.1) is 0 Å². The van der Waals surface area contributed by atoms with Crippen molar-refractivity contribution in [3.63, 3.8) is 0 Å². The Bertz CT molecular complexity index is 1150. The Kier molecular flexibility index (Phi) is 6.38. The molecule has 36 heavy (non-hydrogen) atoms. The molecule has 0 aromatic heterocycles. The van der Waals surface area contributed by atoms with Crippen molar-refractivity contribution in [2.24, 2.45) is 0 Å². The van der Waals surface area contributed by atoms with Gasteiger partial charge in [0.05, 0.1) is 13.2 Å². The lowest BCUT2D eigenvalue weighted by atomic mass is 9.89. The van der Waals surface area contributed by atoms with Gasteiger partial charge in [-0.25, -0.2) is 0 Å². The Hall–Kier alpha value is -1.80. The SMILES string of the molecule is Cc1ccc(/C=C/c2ccccc2)c2c1[C@@]1(OC2)O[C@H](CO[Si](C)(C)C(C)(C)C)[C@H]2OC(C)(C)O[C@H]21. The van der Waals surface area contributed by atoms with Crippen LogP contribution in [0, 0.1) is 6.92 Å². The van der Waals surface area contributed by atoms with Crippen LogP contribution in [0.25, 0.3) is 12.2 Å². The number of hydrogen-bond acceptors (Lipinski definition) is 5. The summed E-state index contributed by atoms with van der Waals surface area (Å²) < 4.78 is 32.9. The van der Waals surface area contributed by atoms with Crippen molar-refractivity contribution in [2.45, 2.75) is 96.2 Å². The van der Waals surface area contributed by atoms with Crippen molar-refractivity contribution in [1.29, 1.82) is 0 Å². The predicted molar refractivity (Wildman–Crippen MR) is 145 cm³/mol. The van der Waals surface area contributed by atoms with Crippen LogP contribution in [0.3, 0.4) is 0 Å². The van der Waals surface area contributed by atoms with Crippen LogP contribution in [0.4, 0.5) is 0 Å². The van der Waals surface area contributed by atoms with Crippen molar-refractivity contribution in [3.8, 4) is 0 Å². The summed E-state index contributed by atoms with van der Waals surface area (Å²) in [6.07, 6.45) is 3.39. The Balaban J connectivity index is 1.49. The summed E-state index contributed by atoms with van der Waals surface area (Å²) in [6, 6.07) is 14.7. The molecule has 0 aliphatic carbocycles. The molecule has 0 unspecified atom stereocenters. The van der Waals surface area contributed by atoms with E-state index in [4.69, 9.17) is 23.4 Å². The smallest absolute Gasteiger partial charge is 0.226 e. The van der Waals surface area contributed by atoms with Crippen LogP contribution in [0.5, 0.6) is 0 Å². The summed E-state index contributed by atoms with van der Waals surface area (Å²) in [5, 5.41) is 0.113. The predicted octanol–water partition coefficient (Wildman–Crippen LogP) is 6.79. The molecule has 3 heterocycles. The van der Waals surface area contributed by atoms with Crippen molar-refractivity contribution >= 4 is 20.5 Å². The largest absolute Gasteiger partial charge is 0.414 e. The quantitative estimate of drug-likeness (QED) is 0.329. The third-order valence-corrected chi connectivity index (χ3v) is 12.7. The minimum atomic E-state index is -1.96. The van der Waals surface area contributed by atoms with E-state index in [-0.39, 0.29) is 23.4 Å². The first-order valence-electron chi connectivity index (χ1n) is 13.0. The van der Waals surface area contributed by atoms with Crippen LogP contribution in [0.2, 0.25) is 18.1 Å². The second kappa shape index (κ2) is 8.90. The van der Waals surface area contributed by atoms with E-state index in [0.29, 0.717) is 13.2 Å². The second-order valence-corrected chi connectivity index (χ2v) is 17.1. The fourth-order valence-electron chi connectivity index (χ4n) is 5.25. The molecule has 6 heteroatoms. The van der Waals surface area contributed by atoms with Crippen molar-refractivity contribution in [3.05, 3.63) is 70.3 Å². The van der Waals surface area contributed by atoms with E-state index in [2.05, 4.69) is 89.3 Å². The average molecular weight is 509 g/mol. The van der Waals surface area contributed by atoms with Crippen LogP contribution in [-0.2, 0) is 35.8 Å². The molecule has 0 N–H and O–H groups in total. The van der Waals surface area contributed by atoms with E-state index in [1.54, 1.807) is 0 Å². The topological polar surface area (TPSA) is 46.2 Å². The number of rotatable bonds is 5. The first-order chi connectivity index (χ1) is 16.8. The zero-order valence-electron chi connectivity index (χ0n) is 22.9. The lowest BCUT2D eigenvalue weighted by molar-refractivity contribution is -0.297. The second-order valence-electron chi connectivity index (χ2n) is 12.3. The fraction of sp³-hybridized carbons (Fsp3) is 0.533. The normalized spacial score (nSPS) is 29.3. The molecular formula is C30H40O5Si. The number of ether oxygens (including phenoxy) is 4. The summed E-state index contributed by atoms with van der Waals surface area (Å²) >= 11 is 0. The molecule has 0 amide bonds. The minimum absolute atomic E-state index is 0.113. The van der Waals surface area contributed by atoms with E-state index in [1.165, 1.54) is 0 Å². The lowest BCUT2D eigenvalue weighted by Crippen LogP contribution is -2.44. The van der Waals surface area contributed by atoms with Gasteiger partial charge in [0, 0.05) is 5.56 Å². The highest BCUT2D eigenvalue weighted by atomic mass is 28.4. The maximum Gasteiger partial charge on any atom is 0.226 e. The van der Waals surface area contributed by atoms with E-state index >= 15 is 0 Å². The summed E-state index contributed by atoms with van der Waals surface area (Å²) in [5.41, 5.74) is 5.66. The average Bonchev–Trinajstić information content (AvgIpc) is 3.43. The zero-order chi connectivity index (χ0) is 25.9. The monoisotopic (exact) mass is 508 g/mol. The number of benzene rings is 2. The molecule has 4 atom stereocenters. The highest BCUT2D eigenvalue weighted by Gasteiger charge is 2.67. The van der Waals surface area contributed by atoms with Crippen LogP contribution >= 0.6 is 0 Å². The van der Waals surface area contributed by atoms with Gasteiger partial charge in [0.2, 0.25) is 5.79 Å². The van der Waals surface area contributed by atoms with Gasteiger partial charge >= 0.3 is 0 Å². The van der Waals surface area contributed by atoms with Gasteiger partial charge in [0.15, 0.2) is 14.1 Å². The summed E-state index contributed by atoms with van der Waals surface area (Å²) in [6.45, 7) is 18.3. The maximum absolute atomic E-state index is 6.80. The molecule has 2 aromatic carbocycles. The molecular weight excluding hydrogens is 468 g/mol. The third-order valence-electron chi connectivity index (χ3n) is 8.20. The van der Waals surface area contributed by atoms with E-state index in [9.17, 15) is 0 Å². The van der Waals surface area contributed by atoms with E-state index in [1.807, 2.05) is 19.9 Å². The van der Waals surface area contributed by atoms with Crippen molar-refractivity contribution in [1.82, 2.24) is 0 Å². The van der Waals surface area contributed by atoms with Gasteiger partial charge in [-0.3, -0.25) is 0 Å². The minimum Gasteiger partial charge on any atom is -0.414 e. The van der Waals surface area contributed by atoms with Gasteiger partial charge in [-0.05, 0) is 61.2 Å². The van der Waals surface area contributed by atoms with E-state index in [0.717, 1.165) is 27.8 Å². The molecule has 0 radical (unpaired) electrons. The molecule has 5 nitrogen and oxygen atoms in total. The van der Waals surface area contributed by atoms with Gasteiger partial charge in [0.1, 0.15) is 18.3 Å². The zero-order valence-corrected chi connectivity index (χ0v) is 23.9. The lowest BCUT2D eigenvalue weighted by Gasteiger charge is -2.37. The first kappa shape index (κ1) is 25.8. The number of fused-ring (bicyclic) bond motifs is 4. The Morgan fingerprint density at radius 2 is 1.72 bits per heavy atom. The molecule has 0 saturated carbocycles. The fourth-order valence-corrected chi connectivity index (χ4v) is 6.26. The van der Waals surface area contributed by atoms with Crippen LogP contribution in [-0.4, -0.2) is 39.0 Å². The third kappa shape index (κ3) is 4.42. The Labute approximate surface area is 216 Å². The Morgan fingerprint density at radius 3 is 2.42 bits per heavy atom. The summed E-state index contributed by atoms with van der Waals surface area (Å²) in [4.78, 5) is 0. The molecule has 2 saturated heterocycles. The molecule has 194 valence electrons. The van der Waals surface area contributed by atoms with Gasteiger partial charge in [0.25, 0.3) is 0 Å². The van der Waals surface area contributed by atoms with Crippen molar-refractivity contribution < 1.29 is 23.4 Å². The number of aryl methyl sites for hydroxylation is 1. The van der Waals surface area contributed by atoms with Crippen LogP contribution in [0.15, 0.2) is 42.5 Å². The van der Waals surface area contributed by atoms with Gasteiger partial charge < -0.3 is 23.4 Å². The van der Waals surface area contributed by atoms with Crippen molar-refractivity contribution in [2.75, 3.05) is 6.61 Å². The highest BCUT2D eigenvalue weighted by molar-refractivity contribution is 6.74. The summed E-state index contributed by atoms with van der Waals surface area (Å²) in [7, 11) is -1.96. The molecule has 3 aliphatic rings. The van der Waals surface area contributed by atoms with Crippen LogP contribution in [0.1, 0.15) is 62.4 Å². The standard InChI is InChI=1S/C30H40O5Si/c1-20-14-16-22(17-15-21-12-10-9-11-13-21)23-18-31-30(25(20)23)27-26(34-29(5,6)35-27)24(33-30)19-32-36(7,8)28(2,3)4/h9-17,24,26-27H,18-19H2,1-8H3/b17-15+/t24-,26-,27-,30-/m1/s1.